The standard InChI is InChI=1S/C19H29N3O3/c1-3-25-18-17(12-14(2)13-20-18)15-4-8-21(9-5-15)16-6-10-22(11-7-16)19(23)24/h12-13,15-16H,3-11H2,1-2H3,(H,23,24). The van der Waals surface area contributed by atoms with Crippen LogP contribution in [-0.4, -0.2) is 64.8 Å². The van der Waals surface area contributed by atoms with Crippen molar-refractivity contribution >= 4 is 6.09 Å². The second kappa shape index (κ2) is 8.04. The summed E-state index contributed by atoms with van der Waals surface area (Å²) in [5.41, 5.74) is 2.43. The molecule has 0 atom stereocenters. The summed E-state index contributed by atoms with van der Waals surface area (Å²) in [6, 6.07) is 2.75. The maximum absolute atomic E-state index is 11.0. The predicted molar refractivity (Wildman–Crippen MR) is 96.3 cm³/mol. The molecular weight excluding hydrogens is 318 g/mol. The molecule has 3 rings (SSSR count). The van der Waals surface area contributed by atoms with Crippen molar-refractivity contribution in [3.05, 3.63) is 23.4 Å². The zero-order valence-electron chi connectivity index (χ0n) is 15.3. The van der Waals surface area contributed by atoms with Crippen molar-refractivity contribution in [3.8, 4) is 5.88 Å². The van der Waals surface area contributed by atoms with Gasteiger partial charge >= 0.3 is 6.09 Å². The Morgan fingerprint density at radius 3 is 2.52 bits per heavy atom. The molecule has 1 amide bonds. The Bertz CT molecular complexity index is 592. The molecule has 1 aromatic heterocycles. The van der Waals surface area contributed by atoms with E-state index in [4.69, 9.17) is 9.84 Å². The predicted octanol–water partition coefficient (Wildman–Crippen LogP) is 3.11. The lowest BCUT2D eigenvalue weighted by Gasteiger charge is -2.41. The molecule has 0 saturated carbocycles. The molecule has 6 nitrogen and oxygen atoms in total. The first-order valence-corrected chi connectivity index (χ1v) is 9.39. The molecule has 0 aromatic carbocycles. The Balaban J connectivity index is 1.57. The summed E-state index contributed by atoms with van der Waals surface area (Å²) in [5.74, 6) is 1.30. The van der Waals surface area contributed by atoms with Crippen LogP contribution in [0.3, 0.4) is 0 Å². The maximum Gasteiger partial charge on any atom is 0.407 e. The first-order valence-electron chi connectivity index (χ1n) is 9.39. The molecule has 0 radical (unpaired) electrons. The average molecular weight is 347 g/mol. The summed E-state index contributed by atoms with van der Waals surface area (Å²) in [6.45, 7) is 8.19. The van der Waals surface area contributed by atoms with E-state index in [0.717, 1.165) is 44.7 Å². The first-order chi connectivity index (χ1) is 12.1. The zero-order valence-corrected chi connectivity index (χ0v) is 15.3. The fourth-order valence-electron chi connectivity index (χ4n) is 4.13. The van der Waals surface area contributed by atoms with E-state index in [1.807, 2.05) is 13.1 Å². The van der Waals surface area contributed by atoms with Gasteiger partial charge < -0.3 is 19.6 Å². The number of carbonyl (C=O) groups is 1. The van der Waals surface area contributed by atoms with Gasteiger partial charge in [0.1, 0.15) is 0 Å². The second-order valence-corrected chi connectivity index (χ2v) is 7.15. The number of pyridine rings is 1. The third-order valence-electron chi connectivity index (χ3n) is 5.52. The van der Waals surface area contributed by atoms with Gasteiger partial charge in [-0.25, -0.2) is 9.78 Å². The lowest BCUT2D eigenvalue weighted by Crippen LogP contribution is -2.48. The molecular formula is C19H29N3O3. The highest BCUT2D eigenvalue weighted by Crippen LogP contribution is 2.35. The van der Waals surface area contributed by atoms with Crippen molar-refractivity contribution < 1.29 is 14.6 Å². The summed E-state index contributed by atoms with van der Waals surface area (Å²) < 4.78 is 5.74. The quantitative estimate of drug-likeness (QED) is 0.906. The van der Waals surface area contributed by atoms with E-state index in [2.05, 4.69) is 22.9 Å². The Labute approximate surface area is 149 Å². The van der Waals surface area contributed by atoms with Gasteiger partial charge in [0.15, 0.2) is 0 Å². The monoisotopic (exact) mass is 347 g/mol. The van der Waals surface area contributed by atoms with Crippen molar-refractivity contribution in [3.63, 3.8) is 0 Å². The normalized spacial score (nSPS) is 20.6. The molecule has 2 aliphatic rings. The molecule has 3 heterocycles. The topological polar surface area (TPSA) is 65.9 Å². The van der Waals surface area contributed by atoms with Gasteiger partial charge in [-0.15, -0.1) is 0 Å². The summed E-state index contributed by atoms with van der Waals surface area (Å²) in [6.07, 6.45) is 5.22. The van der Waals surface area contributed by atoms with Crippen molar-refractivity contribution in [1.29, 1.82) is 0 Å². The fourth-order valence-corrected chi connectivity index (χ4v) is 4.13. The summed E-state index contributed by atoms with van der Waals surface area (Å²) in [4.78, 5) is 19.6. The van der Waals surface area contributed by atoms with E-state index >= 15 is 0 Å². The Hall–Kier alpha value is -1.82. The van der Waals surface area contributed by atoms with Crippen molar-refractivity contribution in [1.82, 2.24) is 14.8 Å². The maximum atomic E-state index is 11.0. The van der Waals surface area contributed by atoms with Gasteiger partial charge in [-0.05, 0) is 70.2 Å². The van der Waals surface area contributed by atoms with Crippen LogP contribution in [0.4, 0.5) is 4.79 Å². The number of aryl methyl sites for hydroxylation is 1. The number of carboxylic acid groups (broad SMARTS) is 1. The Morgan fingerprint density at radius 2 is 1.92 bits per heavy atom. The molecule has 2 fully saturated rings. The number of piperidine rings is 2. The Morgan fingerprint density at radius 1 is 1.24 bits per heavy atom. The van der Waals surface area contributed by atoms with Gasteiger partial charge in [-0.1, -0.05) is 0 Å². The molecule has 1 aromatic rings. The molecule has 0 aliphatic carbocycles. The van der Waals surface area contributed by atoms with Crippen LogP contribution in [-0.2, 0) is 0 Å². The SMILES string of the molecule is CCOc1ncc(C)cc1C1CCN(C2CCN(C(=O)O)CC2)CC1. The number of rotatable bonds is 4. The molecule has 0 spiro atoms. The smallest absolute Gasteiger partial charge is 0.407 e. The molecule has 2 aliphatic heterocycles. The van der Waals surface area contributed by atoms with Crippen LogP contribution in [0.5, 0.6) is 5.88 Å². The summed E-state index contributed by atoms with van der Waals surface area (Å²) in [7, 11) is 0. The second-order valence-electron chi connectivity index (χ2n) is 7.15. The van der Waals surface area contributed by atoms with Crippen LogP contribution in [0.1, 0.15) is 49.7 Å². The van der Waals surface area contributed by atoms with Crippen LogP contribution in [0.25, 0.3) is 0 Å². The fraction of sp³-hybridized carbons (Fsp3) is 0.684. The molecule has 0 bridgehead atoms. The Kier molecular flexibility index (Phi) is 5.78. The number of hydrogen-bond donors (Lipinski definition) is 1. The third-order valence-corrected chi connectivity index (χ3v) is 5.52. The highest BCUT2D eigenvalue weighted by atomic mass is 16.5. The largest absolute Gasteiger partial charge is 0.478 e. The van der Waals surface area contributed by atoms with Crippen molar-refractivity contribution in [2.75, 3.05) is 32.8 Å². The van der Waals surface area contributed by atoms with Gasteiger partial charge in [0, 0.05) is 30.9 Å². The van der Waals surface area contributed by atoms with Gasteiger partial charge in [-0.3, -0.25) is 0 Å². The molecule has 2 saturated heterocycles. The summed E-state index contributed by atoms with van der Waals surface area (Å²) >= 11 is 0. The highest BCUT2D eigenvalue weighted by molar-refractivity contribution is 5.65. The van der Waals surface area contributed by atoms with E-state index in [1.54, 1.807) is 0 Å². The lowest BCUT2D eigenvalue weighted by atomic mass is 9.88. The van der Waals surface area contributed by atoms with Gasteiger partial charge in [0.2, 0.25) is 5.88 Å². The molecule has 1 N–H and O–H groups in total. The van der Waals surface area contributed by atoms with Crippen molar-refractivity contribution in [2.24, 2.45) is 0 Å². The first kappa shape index (κ1) is 18.0. The van der Waals surface area contributed by atoms with Crippen LogP contribution in [0.2, 0.25) is 0 Å². The van der Waals surface area contributed by atoms with Gasteiger partial charge in [0.25, 0.3) is 0 Å². The van der Waals surface area contributed by atoms with Crippen molar-refractivity contribution in [2.45, 2.75) is 51.5 Å². The molecule has 25 heavy (non-hydrogen) atoms. The third kappa shape index (κ3) is 4.24. The molecule has 138 valence electrons. The van der Waals surface area contributed by atoms with E-state index in [-0.39, 0.29) is 0 Å². The number of likely N-dealkylation sites (tertiary alicyclic amines) is 2. The van der Waals surface area contributed by atoms with Crippen LogP contribution in [0, 0.1) is 6.92 Å². The van der Waals surface area contributed by atoms with E-state index in [0.29, 0.717) is 31.7 Å². The van der Waals surface area contributed by atoms with Crippen LogP contribution >= 0.6 is 0 Å². The number of amides is 1. The zero-order chi connectivity index (χ0) is 17.8. The minimum absolute atomic E-state index is 0.504. The van der Waals surface area contributed by atoms with Gasteiger partial charge in [-0.2, -0.15) is 0 Å². The molecule has 0 unspecified atom stereocenters. The van der Waals surface area contributed by atoms with Gasteiger partial charge in [0.05, 0.1) is 6.61 Å². The molecule has 6 heteroatoms. The van der Waals surface area contributed by atoms with E-state index in [9.17, 15) is 4.79 Å². The average Bonchev–Trinajstić information content (AvgIpc) is 2.63. The van der Waals surface area contributed by atoms with Crippen LogP contribution in [0.15, 0.2) is 12.3 Å². The number of nitrogens with zero attached hydrogens (tertiary/aromatic N) is 3. The highest BCUT2D eigenvalue weighted by Gasteiger charge is 2.30. The number of hydrogen-bond acceptors (Lipinski definition) is 4. The number of aromatic nitrogens is 1. The minimum atomic E-state index is -0.785. The number of ether oxygens (including phenoxy) is 1. The minimum Gasteiger partial charge on any atom is -0.478 e. The lowest BCUT2D eigenvalue weighted by molar-refractivity contribution is 0.0809. The van der Waals surface area contributed by atoms with E-state index in [1.165, 1.54) is 16.0 Å². The van der Waals surface area contributed by atoms with E-state index < -0.39 is 6.09 Å². The van der Waals surface area contributed by atoms with Crippen LogP contribution < -0.4 is 4.74 Å². The summed E-state index contributed by atoms with van der Waals surface area (Å²) in [5, 5.41) is 9.08.